The van der Waals surface area contributed by atoms with Gasteiger partial charge in [0.05, 0.1) is 21.3 Å². The summed E-state index contributed by atoms with van der Waals surface area (Å²) in [6.45, 7) is 1.78. The molecule has 0 atom stereocenters. The number of hydrogen-bond donors (Lipinski definition) is 1. The molecule has 0 spiro atoms. The van der Waals surface area contributed by atoms with Gasteiger partial charge in [-0.25, -0.2) is 12.8 Å². The first-order valence-electron chi connectivity index (χ1n) is 6.36. The Labute approximate surface area is 140 Å². The molecular weight excluding hydrogens is 363 g/mol. The fourth-order valence-electron chi connectivity index (χ4n) is 1.84. The van der Waals surface area contributed by atoms with Gasteiger partial charge in [-0.05, 0) is 37.3 Å². The third kappa shape index (κ3) is 3.39. The Morgan fingerprint density at radius 3 is 2.70 bits per heavy atom. The van der Waals surface area contributed by atoms with Crippen LogP contribution >= 0.6 is 22.9 Å². The Morgan fingerprint density at radius 2 is 2.04 bits per heavy atom. The van der Waals surface area contributed by atoms with Crippen molar-refractivity contribution in [1.29, 1.82) is 0 Å². The molecule has 5 nitrogen and oxygen atoms in total. The fourth-order valence-corrected chi connectivity index (χ4v) is 4.33. The minimum absolute atomic E-state index is 0.0991. The largest absolute Gasteiger partial charge is 0.355 e. The van der Waals surface area contributed by atoms with Gasteiger partial charge in [0.25, 0.3) is 10.0 Å². The number of benzene rings is 1. The van der Waals surface area contributed by atoms with Crippen molar-refractivity contribution in [3.63, 3.8) is 0 Å². The van der Waals surface area contributed by atoms with Crippen LogP contribution in [0.4, 0.5) is 10.1 Å². The van der Waals surface area contributed by atoms with Gasteiger partial charge in [0, 0.05) is 6.07 Å². The van der Waals surface area contributed by atoms with Gasteiger partial charge >= 0.3 is 0 Å². The van der Waals surface area contributed by atoms with Gasteiger partial charge in [-0.1, -0.05) is 16.8 Å². The standard InChI is InChI=1S/C14H10ClFN2O3S2/c1-8-6-12(21-17-8)13-4-5-14(22-13)23(19,20)18-9-2-3-11(16)10(15)7-9/h2-7,18H,1H3. The van der Waals surface area contributed by atoms with E-state index in [1.165, 1.54) is 18.2 Å². The molecule has 0 saturated heterocycles. The van der Waals surface area contributed by atoms with Crippen molar-refractivity contribution in [2.45, 2.75) is 11.1 Å². The summed E-state index contributed by atoms with van der Waals surface area (Å²) in [6.07, 6.45) is 0. The molecule has 3 rings (SSSR count). The molecule has 0 aliphatic rings. The topological polar surface area (TPSA) is 72.2 Å². The Kier molecular flexibility index (Phi) is 4.13. The highest BCUT2D eigenvalue weighted by Gasteiger charge is 2.19. The van der Waals surface area contributed by atoms with Crippen LogP contribution in [0.15, 0.2) is 45.1 Å². The Morgan fingerprint density at radius 1 is 1.26 bits per heavy atom. The van der Waals surface area contributed by atoms with E-state index in [2.05, 4.69) is 9.88 Å². The van der Waals surface area contributed by atoms with E-state index in [1.54, 1.807) is 19.1 Å². The first-order chi connectivity index (χ1) is 10.8. The third-order valence-corrected chi connectivity index (χ3v) is 6.15. The minimum atomic E-state index is -3.80. The fraction of sp³-hybridized carbons (Fsp3) is 0.0714. The molecular formula is C14H10ClFN2O3S2. The smallest absolute Gasteiger partial charge is 0.271 e. The number of thiophene rings is 1. The summed E-state index contributed by atoms with van der Waals surface area (Å²) in [5, 5.41) is 3.61. The van der Waals surface area contributed by atoms with E-state index >= 15 is 0 Å². The number of rotatable bonds is 4. The zero-order chi connectivity index (χ0) is 16.6. The lowest BCUT2D eigenvalue weighted by Crippen LogP contribution is -2.11. The summed E-state index contributed by atoms with van der Waals surface area (Å²) in [5.74, 6) is -0.118. The minimum Gasteiger partial charge on any atom is -0.355 e. The van der Waals surface area contributed by atoms with E-state index < -0.39 is 15.8 Å². The lowest BCUT2D eigenvalue weighted by atomic mass is 10.3. The van der Waals surface area contributed by atoms with Gasteiger partial charge in [0.15, 0.2) is 5.76 Å². The number of anilines is 1. The number of nitrogens with zero attached hydrogens (tertiary/aromatic N) is 1. The molecule has 0 bridgehead atoms. The Bertz CT molecular complexity index is 966. The molecule has 2 aromatic heterocycles. The Hall–Kier alpha value is -1.90. The second-order valence-electron chi connectivity index (χ2n) is 4.69. The highest BCUT2D eigenvalue weighted by atomic mass is 35.5. The van der Waals surface area contributed by atoms with Crippen LogP contribution in [0.1, 0.15) is 5.69 Å². The maximum atomic E-state index is 13.1. The summed E-state index contributed by atoms with van der Waals surface area (Å²) in [4.78, 5) is 0.642. The first-order valence-corrected chi connectivity index (χ1v) is 9.04. The lowest BCUT2D eigenvalue weighted by molar-refractivity contribution is 0.428. The first kappa shape index (κ1) is 16.0. The van der Waals surface area contributed by atoms with Crippen molar-refractivity contribution in [1.82, 2.24) is 5.16 Å². The molecule has 2 heterocycles. The van der Waals surface area contributed by atoms with Gasteiger partial charge in [-0.2, -0.15) is 0 Å². The van der Waals surface area contributed by atoms with Gasteiger partial charge in [0.2, 0.25) is 0 Å². The number of hydrogen-bond acceptors (Lipinski definition) is 5. The normalized spacial score (nSPS) is 11.6. The molecule has 3 aromatic rings. The van der Waals surface area contributed by atoms with E-state index in [9.17, 15) is 12.8 Å². The number of aryl methyl sites for hydroxylation is 1. The van der Waals surface area contributed by atoms with Crippen LogP contribution < -0.4 is 4.72 Å². The van der Waals surface area contributed by atoms with Crippen molar-refractivity contribution < 1.29 is 17.3 Å². The lowest BCUT2D eigenvalue weighted by Gasteiger charge is -2.06. The van der Waals surface area contributed by atoms with Gasteiger partial charge in [0.1, 0.15) is 10.0 Å². The van der Waals surface area contributed by atoms with Crippen LogP contribution in [-0.2, 0) is 10.0 Å². The quantitative estimate of drug-likeness (QED) is 0.740. The summed E-state index contributed by atoms with van der Waals surface area (Å²) in [5.41, 5.74) is 0.888. The third-order valence-electron chi connectivity index (χ3n) is 2.89. The van der Waals surface area contributed by atoms with Crippen molar-refractivity contribution in [3.05, 3.63) is 52.9 Å². The molecule has 120 valence electrons. The Balaban J connectivity index is 1.88. The molecule has 9 heteroatoms. The van der Waals surface area contributed by atoms with Crippen LogP contribution in [0.2, 0.25) is 5.02 Å². The van der Waals surface area contributed by atoms with Crippen LogP contribution in [-0.4, -0.2) is 13.6 Å². The molecule has 0 aliphatic carbocycles. The van der Waals surface area contributed by atoms with E-state index in [0.29, 0.717) is 16.3 Å². The average molecular weight is 373 g/mol. The van der Waals surface area contributed by atoms with Crippen LogP contribution in [0, 0.1) is 12.7 Å². The van der Waals surface area contributed by atoms with Crippen LogP contribution in [0.25, 0.3) is 10.6 Å². The van der Waals surface area contributed by atoms with E-state index in [4.69, 9.17) is 16.1 Å². The summed E-state index contributed by atoms with van der Waals surface area (Å²) >= 11 is 6.69. The summed E-state index contributed by atoms with van der Waals surface area (Å²) < 4.78 is 45.4. The molecule has 0 saturated carbocycles. The zero-order valence-corrected chi connectivity index (χ0v) is 14.1. The molecule has 23 heavy (non-hydrogen) atoms. The van der Waals surface area contributed by atoms with E-state index in [0.717, 1.165) is 17.4 Å². The molecule has 0 amide bonds. The highest BCUT2D eigenvalue weighted by molar-refractivity contribution is 7.94. The monoisotopic (exact) mass is 372 g/mol. The van der Waals surface area contributed by atoms with Crippen molar-refractivity contribution in [2.75, 3.05) is 4.72 Å². The van der Waals surface area contributed by atoms with Gasteiger partial charge in [-0.15, -0.1) is 11.3 Å². The molecule has 0 aliphatic heterocycles. The zero-order valence-electron chi connectivity index (χ0n) is 11.7. The second kappa shape index (κ2) is 5.95. The van der Waals surface area contributed by atoms with Gasteiger partial charge < -0.3 is 4.52 Å². The van der Waals surface area contributed by atoms with Crippen LogP contribution in [0.3, 0.4) is 0 Å². The average Bonchev–Trinajstić information content (AvgIpc) is 3.11. The van der Waals surface area contributed by atoms with Crippen molar-refractivity contribution in [3.8, 4) is 10.6 Å². The SMILES string of the molecule is Cc1cc(-c2ccc(S(=O)(=O)Nc3ccc(F)c(Cl)c3)s2)on1. The van der Waals surface area contributed by atoms with Crippen LogP contribution in [0.5, 0.6) is 0 Å². The number of sulfonamides is 1. The summed E-state index contributed by atoms with van der Waals surface area (Å²) in [6, 6.07) is 8.42. The van der Waals surface area contributed by atoms with E-state index in [-0.39, 0.29) is 14.9 Å². The maximum absolute atomic E-state index is 13.1. The van der Waals surface area contributed by atoms with Gasteiger partial charge in [-0.3, -0.25) is 4.72 Å². The van der Waals surface area contributed by atoms with E-state index in [1.807, 2.05) is 0 Å². The predicted molar refractivity (Wildman–Crippen MR) is 86.8 cm³/mol. The molecule has 0 radical (unpaired) electrons. The molecule has 1 N–H and O–H groups in total. The number of aromatic nitrogens is 1. The van der Waals surface area contributed by atoms with Crippen molar-refractivity contribution >= 4 is 38.6 Å². The highest BCUT2D eigenvalue weighted by Crippen LogP contribution is 2.32. The maximum Gasteiger partial charge on any atom is 0.271 e. The molecule has 0 fully saturated rings. The second-order valence-corrected chi connectivity index (χ2v) is 8.09. The molecule has 0 unspecified atom stereocenters. The number of nitrogens with one attached hydrogen (secondary N) is 1. The number of halogens is 2. The molecule has 1 aromatic carbocycles. The summed E-state index contributed by atoms with van der Waals surface area (Å²) in [7, 11) is -3.80. The van der Waals surface area contributed by atoms with Crippen molar-refractivity contribution in [2.24, 2.45) is 0 Å². The predicted octanol–water partition coefficient (Wildman–Crippen LogP) is 4.30.